The second-order valence-electron chi connectivity index (χ2n) is 9.79. The van der Waals surface area contributed by atoms with E-state index >= 15 is 0 Å². The van der Waals surface area contributed by atoms with Gasteiger partial charge in [-0.25, -0.2) is 0 Å². The zero-order valence-electron chi connectivity index (χ0n) is 22.3. The number of benzene rings is 1. The Morgan fingerprint density at radius 2 is 1.95 bits per heavy atom. The number of halogens is 1. The quantitative estimate of drug-likeness (QED) is 0.535. The molecule has 0 bridgehead atoms. The SMILES string of the molecule is C=CC(=O)N1CCN(c2nc(OC)nc3c2CCN(c2ccccc2Cl)C3)CC1CC#N.CN1CCCC1. The van der Waals surface area contributed by atoms with Crippen molar-refractivity contribution in [2.24, 2.45) is 0 Å². The van der Waals surface area contributed by atoms with Gasteiger partial charge in [0, 0.05) is 31.7 Å². The summed E-state index contributed by atoms with van der Waals surface area (Å²) < 4.78 is 5.40. The molecule has 1 atom stereocenters. The van der Waals surface area contributed by atoms with Gasteiger partial charge in [0.2, 0.25) is 5.91 Å². The van der Waals surface area contributed by atoms with E-state index in [2.05, 4.69) is 44.4 Å². The Hall–Kier alpha value is -3.35. The number of fused-ring (bicyclic) bond motifs is 1. The van der Waals surface area contributed by atoms with E-state index in [1.165, 1.54) is 32.0 Å². The molecule has 1 unspecified atom stereocenters. The minimum Gasteiger partial charge on any atom is -0.467 e. The molecular weight excluding hydrogens is 502 g/mol. The molecule has 0 saturated carbocycles. The zero-order chi connectivity index (χ0) is 27.1. The van der Waals surface area contributed by atoms with E-state index in [0.29, 0.717) is 37.2 Å². The lowest BCUT2D eigenvalue weighted by Gasteiger charge is -2.42. The van der Waals surface area contributed by atoms with Gasteiger partial charge in [0.05, 0.1) is 48.6 Å². The van der Waals surface area contributed by atoms with E-state index in [1.54, 1.807) is 12.0 Å². The molecule has 4 heterocycles. The van der Waals surface area contributed by atoms with Crippen LogP contribution in [0.4, 0.5) is 11.5 Å². The maximum Gasteiger partial charge on any atom is 0.318 e. The highest BCUT2D eigenvalue weighted by Gasteiger charge is 2.33. The second kappa shape index (κ2) is 12.9. The maximum absolute atomic E-state index is 12.2. The summed E-state index contributed by atoms with van der Waals surface area (Å²) in [6.45, 7) is 9.25. The molecule has 10 heteroatoms. The number of hydrogen-bond acceptors (Lipinski definition) is 8. The van der Waals surface area contributed by atoms with Crippen LogP contribution in [0.3, 0.4) is 0 Å². The predicted molar refractivity (Wildman–Crippen MR) is 150 cm³/mol. The molecule has 0 spiro atoms. The van der Waals surface area contributed by atoms with Crippen LogP contribution in [0.25, 0.3) is 0 Å². The fraction of sp³-hybridized carbons (Fsp3) is 0.500. The van der Waals surface area contributed by atoms with E-state index in [-0.39, 0.29) is 18.4 Å². The van der Waals surface area contributed by atoms with Gasteiger partial charge in [-0.1, -0.05) is 30.3 Å². The Labute approximate surface area is 230 Å². The Morgan fingerprint density at radius 3 is 2.58 bits per heavy atom. The number of hydrogen-bond donors (Lipinski definition) is 0. The molecule has 2 saturated heterocycles. The first kappa shape index (κ1) is 27.7. The van der Waals surface area contributed by atoms with Crippen LogP contribution < -0.4 is 14.5 Å². The molecule has 2 fully saturated rings. The summed E-state index contributed by atoms with van der Waals surface area (Å²) in [6, 6.07) is 10.1. The van der Waals surface area contributed by atoms with E-state index in [0.717, 1.165) is 35.7 Å². The Balaban J connectivity index is 0.000000494. The smallest absolute Gasteiger partial charge is 0.318 e. The Kier molecular flexibility index (Phi) is 9.43. The topological polar surface area (TPSA) is 88.8 Å². The molecule has 1 aromatic carbocycles. The number of nitrogens with zero attached hydrogens (tertiary/aromatic N) is 7. The number of anilines is 2. The minimum atomic E-state index is -0.223. The number of para-hydroxylation sites is 1. The summed E-state index contributed by atoms with van der Waals surface area (Å²) >= 11 is 6.42. The van der Waals surface area contributed by atoms with E-state index < -0.39 is 0 Å². The summed E-state index contributed by atoms with van der Waals surface area (Å²) in [5.74, 6) is 0.668. The number of methoxy groups -OCH3 is 1. The molecule has 1 amide bonds. The molecule has 3 aliphatic rings. The predicted octanol–water partition coefficient (Wildman–Crippen LogP) is 3.53. The molecule has 38 heavy (non-hydrogen) atoms. The Bertz CT molecular complexity index is 1180. The third-order valence-electron chi connectivity index (χ3n) is 7.30. The number of rotatable bonds is 5. The van der Waals surface area contributed by atoms with Gasteiger partial charge in [0.25, 0.3) is 0 Å². The first-order valence-corrected chi connectivity index (χ1v) is 13.5. The van der Waals surface area contributed by atoms with Gasteiger partial charge in [-0.15, -0.1) is 0 Å². The van der Waals surface area contributed by atoms with Gasteiger partial charge in [0.1, 0.15) is 5.82 Å². The van der Waals surface area contributed by atoms with Crippen molar-refractivity contribution in [3.05, 3.63) is 53.2 Å². The molecular formula is C28H36ClN7O2. The molecule has 0 N–H and O–H groups in total. The lowest BCUT2D eigenvalue weighted by atomic mass is 10.0. The maximum atomic E-state index is 12.2. The number of amides is 1. The van der Waals surface area contributed by atoms with Gasteiger partial charge >= 0.3 is 6.01 Å². The molecule has 9 nitrogen and oxygen atoms in total. The van der Waals surface area contributed by atoms with Gasteiger partial charge in [0.15, 0.2) is 0 Å². The summed E-state index contributed by atoms with van der Waals surface area (Å²) in [7, 11) is 3.73. The average molecular weight is 538 g/mol. The van der Waals surface area contributed by atoms with Crippen LogP contribution in [0.1, 0.15) is 30.5 Å². The lowest BCUT2D eigenvalue weighted by Crippen LogP contribution is -2.55. The second-order valence-corrected chi connectivity index (χ2v) is 10.2. The normalized spacial score (nSPS) is 19.2. The van der Waals surface area contributed by atoms with Crippen LogP contribution in [-0.2, 0) is 17.8 Å². The first-order chi connectivity index (χ1) is 18.4. The number of carbonyl (C=O) groups excluding carboxylic acids is 1. The van der Waals surface area contributed by atoms with Crippen LogP contribution >= 0.6 is 11.6 Å². The minimum absolute atomic E-state index is 0.150. The van der Waals surface area contributed by atoms with Crippen molar-refractivity contribution in [3.63, 3.8) is 0 Å². The summed E-state index contributed by atoms with van der Waals surface area (Å²) in [5, 5.41) is 10.00. The fourth-order valence-corrected chi connectivity index (χ4v) is 5.52. The molecule has 2 aromatic rings. The summed E-state index contributed by atoms with van der Waals surface area (Å²) in [4.78, 5) is 30.0. The first-order valence-electron chi connectivity index (χ1n) is 13.1. The number of piperazine rings is 1. The van der Waals surface area contributed by atoms with Crippen LogP contribution in [0, 0.1) is 11.3 Å². The molecule has 0 aliphatic carbocycles. The summed E-state index contributed by atoms with van der Waals surface area (Å²) in [5.41, 5.74) is 2.96. The molecule has 5 rings (SSSR count). The Morgan fingerprint density at radius 1 is 1.18 bits per heavy atom. The van der Waals surface area contributed by atoms with Gasteiger partial charge in [-0.2, -0.15) is 15.2 Å². The van der Waals surface area contributed by atoms with Crippen molar-refractivity contribution in [1.29, 1.82) is 5.26 Å². The monoisotopic (exact) mass is 537 g/mol. The number of aromatic nitrogens is 2. The van der Waals surface area contributed by atoms with E-state index in [9.17, 15) is 10.1 Å². The van der Waals surface area contributed by atoms with Crippen LogP contribution in [0.5, 0.6) is 6.01 Å². The van der Waals surface area contributed by atoms with Crippen molar-refractivity contribution in [1.82, 2.24) is 19.8 Å². The van der Waals surface area contributed by atoms with Gasteiger partial charge < -0.3 is 24.3 Å². The van der Waals surface area contributed by atoms with Crippen LogP contribution in [-0.4, -0.2) is 85.1 Å². The molecule has 1 aromatic heterocycles. The van der Waals surface area contributed by atoms with Crippen molar-refractivity contribution >= 4 is 29.0 Å². The zero-order valence-corrected chi connectivity index (χ0v) is 23.0. The molecule has 3 aliphatic heterocycles. The summed E-state index contributed by atoms with van der Waals surface area (Å²) in [6.07, 6.45) is 5.14. The standard InChI is InChI=1S/C23H25ClN6O2.C5H11N/c1-3-21(31)30-13-12-29(14-16(30)8-10-25)22-17-9-11-28(20-7-5-4-6-18(20)24)15-19(17)26-23(27-22)32-2;1-6-4-2-3-5-6/h3-7,16H,1,8-9,11-15H2,2H3;2-5H2,1H3. The van der Waals surface area contributed by atoms with Gasteiger partial charge in [-0.05, 0) is 57.6 Å². The highest BCUT2D eigenvalue weighted by atomic mass is 35.5. The van der Waals surface area contributed by atoms with Crippen molar-refractivity contribution in [2.45, 2.75) is 38.3 Å². The number of likely N-dealkylation sites (tertiary alicyclic amines) is 1. The number of nitriles is 1. The third-order valence-corrected chi connectivity index (χ3v) is 7.61. The third kappa shape index (κ3) is 6.37. The largest absolute Gasteiger partial charge is 0.467 e. The highest BCUT2D eigenvalue weighted by molar-refractivity contribution is 6.33. The van der Waals surface area contributed by atoms with E-state index in [4.69, 9.17) is 16.3 Å². The van der Waals surface area contributed by atoms with Gasteiger partial charge in [-0.3, -0.25) is 4.79 Å². The van der Waals surface area contributed by atoms with Crippen molar-refractivity contribution < 1.29 is 9.53 Å². The van der Waals surface area contributed by atoms with Crippen molar-refractivity contribution in [2.75, 3.05) is 63.2 Å². The highest BCUT2D eigenvalue weighted by Crippen LogP contribution is 2.34. The lowest BCUT2D eigenvalue weighted by molar-refractivity contribution is -0.128. The number of ether oxygens (including phenoxy) is 1. The molecule has 202 valence electrons. The average Bonchev–Trinajstić information content (AvgIpc) is 3.43. The molecule has 0 radical (unpaired) electrons. The number of carbonyl (C=O) groups is 1. The van der Waals surface area contributed by atoms with Crippen LogP contribution in [0.2, 0.25) is 5.02 Å². The van der Waals surface area contributed by atoms with Crippen molar-refractivity contribution in [3.8, 4) is 12.1 Å². The fourth-order valence-electron chi connectivity index (χ4n) is 5.27. The van der Waals surface area contributed by atoms with E-state index in [1.807, 2.05) is 24.3 Å². The van der Waals surface area contributed by atoms with Crippen LogP contribution in [0.15, 0.2) is 36.9 Å².